The fraction of sp³-hybridized carbons (Fsp3) is 0.185. The molecule has 1 saturated heterocycles. The SMILES string of the molecule is O=C1C[C@@H](N2Cc3[nH]c4ccccc4c3[C@@H](c3ccccc3)C2)C(=O)N1c1ccccc1. The van der Waals surface area contributed by atoms with Gasteiger partial charge in [0.05, 0.1) is 18.2 Å². The number of benzene rings is 3. The molecule has 6 rings (SSSR count). The van der Waals surface area contributed by atoms with Crippen molar-refractivity contribution < 1.29 is 9.59 Å². The Hall–Kier alpha value is -3.70. The summed E-state index contributed by atoms with van der Waals surface area (Å²) in [5, 5.41) is 1.23. The highest BCUT2D eigenvalue weighted by atomic mass is 16.2. The smallest absolute Gasteiger partial charge is 0.251 e. The van der Waals surface area contributed by atoms with Crippen molar-refractivity contribution in [3.8, 4) is 0 Å². The first-order valence-electron chi connectivity index (χ1n) is 11.0. The van der Waals surface area contributed by atoms with Crippen LogP contribution < -0.4 is 4.90 Å². The Balaban J connectivity index is 1.40. The fourth-order valence-electron chi connectivity index (χ4n) is 5.28. The molecule has 0 spiro atoms. The zero-order valence-corrected chi connectivity index (χ0v) is 17.6. The highest BCUT2D eigenvalue weighted by Gasteiger charge is 2.45. The first-order chi connectivity index (χ1) is 15.7. The number of hydrogen-bond acceptors (Lipinski definition) is 3. The summed E-state index contributed by atoms with van der Waals surface area (Å²) in [7, 11) is 0. The third kappa shape index (κ3) is 2.97. The molecular formula is C27H23N3O2. The zero-order chi connectivity index (χ0) is 21.7. The van der Waals surface area contributed by atoms with Gasteiger partial charge in [0.15, 0.2) is 0 Å². The van der Waals surface area contributed by atoms with Gasteiger partial charge >= 0.3 is 0 Å². The minimum absolute atomic E-state index is 0.129. The summed E-state index contributed by atoms with van der Waals surface area (Å²) in [5.41, 5.74) is 5.41. The number of rotatable bonds is 3. The van der Waals surface area contributed by atoms with Gasteiger partial charge in [0, 0.05) is 35.6 Å². The van der Waals surface area contributed by atoms with Crippen molar-refractivity contribution in [1.29, 1.82) is 0 Å². The van der Waals surface area contributed by atoms with Gasteiger partial charge in [0.2, 0.25) is 5.91 Å². The van der Waals surface area contributed by atoms with Gasteiger partial charge < -0.3 is 4.98 Å². The van der Waals surface area contributed by atoms with E-state index >= 15 is 0 Å². The van der Waals surface area contributed by atoms with Crippen molar-refractivity contribution in [2.45, 2.75) is 24.9 Å². The number of imide groups is 1. The average molecular weight is 422 g/mol. The topological polar surface area (TPSA) is 56.4 Å². The highest BCUT2D eigenvalue weighted by molar-refractivity contribution is 6.22. The number of hydrogen-bond donors (Lipinski definition) is 1. The van der Waals surface area contributed by atoms with Crippen LogP contribution in [0.3, 0.4) is 0 Å². The summed E-state index contributed by atoms with van der Waals surface area (Å²) in [6.45, 7) is 1.32. The molecule has 2 aliphatic heterocycles. The molecule has 0 bridgehead atoms. The number of aromatic amines is 1. The second-order valence-corrected chi connectivity index (χ2v) is 8.58. The molecule has 0 saturated carbocycles. The van der Waals surface area contributed by atoms with Crippen LogP contribution in [-0.2, 0) is 16.1 Å². The molecule has 1 N–H and O–H groups in total. The van der Waals surface area contributed by atoms with E-state index in [1.165, 1.54) is 21.4 Å². The Morgan fingerprint density at radius 3 is 2.28 bits per heavy atom. The van der Waals surface area contributed by atoms with Crippen molar-refractivity contribution in [2.75, 3.05) is 11.4 Å². The second kappa shape index (κ2) is 7.46. The second-order valence-electron chi connectivity index (χ2n) is 8.58. The third-order valence-corrected chi connectivity index (χ3v) is 6.73. The lowest BCUT2D eigenvalue weighted by Gasteiger charge is -2.36. The number of anilines is 1. The van der Waals surface area contributed by atoms with Crippen molar-refractivity contribution in [3.63, 3.8) is 0 Å². The lowest BCUT2D eigenvalue weighted by Crippen LogP contribution is -2.45. The molecule has 3 heterocycles. The van der Waals surface area contributed by atoms with Crippen LogP contribution in [0.1, 0.15) is 29.2 Å². The molecule has 1 aromatic heterocycles. The Labute approximate surface area is 186 Å². The number of para-hydroxylation sites is 2. The highest BCUT2D eigenvalue weighted by Crippen LogP contribution is 2.40. The van der Waals surface area contributed by atoms with Crippen molar-refractivity contribution >= 4 is 28.4 Å². The van der Waals surface area contributed by atoms with Crippen LogP contribution in [0.2, 0.25) is 0 Å². The standard InChI is InChI=1S/C27H23N3O2/c31-25-15-24(27(32)30(25)19-11-5-2-6-12-19)29-16-21(18-9-3-1-4-10-18)26-20-13-7-8-14-22(20)28-23(26)17-29/h1-14,21,24,28H,15-17H2/t21-,24-/m1/s1. The molecule has 2 aliphatic rings. The van der Waals surface area contributed by atoms with E-state index in [4.69, 9.17) is 0 Å². The number of nitrogens with zero attached hydrogens (tertiary/aromatic N) is 2. The van der Waals surface area contributed by atoms with Crippen LogP contribution in [0, 0.1) is 0 Å². The van der Waals surface area contributed by atoms with E-state index in [0.29, 0.717) is 18.8 Å². The van der Waals surface area contributed by atoms with Gasteiger partial charge in [0.1, 0.15) is 0 Å². The van der Waals surface area contributed by atoms with Crippen molar-refractivity contribution in [2.24, 2.45) is 0 Å². The largest absolute Gasteiger partial charge is 0.357 e. The number of aromatic nitrogens is 1. The summed E-state index contributed by atoms with van der Waals surface area (Å²) in [5.74, 6) is -0.137. The van der Waals surface area contributed by atoms with E-state index in [1.807, 2.05) is 42.5 Å². The van der Waals surface area contributed by atoms with Crippen molar-refractivity contribution in [1.82, 2.24) is 9.88 Å². The molecule has 0 radical (unpaired) electrons. The molecule has 4 aromatic rings. The maximum absolute atomic E-state index is 13.4. The molecule has 32 heavy (non-hydrogen) atoms. The number of carbonyl (C=O) groups excluding carboxylic acids is 2. The molecule has 0 unspecified atom stereocenters. The average Bonchev–Trinajstić information content (AvgIpc) is 3.36. The molecule has 2 atom stereocenters. The molecule has 0 aliphatic carbocycles. The summed E-state index contributed by atoms with van der Waals surface area (Å²) in [6.07, 6.45) is 0.213. The van der Waals surface area contributed by atoms with Crippen LogP contribution >= 0.6 is 0 Å². The predicted octanol–water partition coefficient (Wildman–Crippen LogP) is 4.45. The number of carbonyl (C=O) groups is 2. The zero-order valence-electron chi connectivity index (χ0n) is 17.6. The Morgan fingerprint density at radius 1 is 0.812 bits per heavy atom. The lowest BCUT2D eigenvalue weighted by molar-refractivity contribution is -0.123. The quantitative estimate of drug-likeness (QED) is 0.498. The minimum Gasteiger partial charge on any atom is -0.357 e. The Morgan fingerprint density at radius 2 is 1.50 bits per heavy atom. The molecule has 5 heteroatoms. The summed E-state index contributed by atoms with van der Waals surface area (Å²) >= 11 is 0. The van der Waals surface area contributed by atoms with E-state index in [9.17, 15) is 9.59 Å². The van der Waals surface area contributed by atoms with Gasteiger partial charge in [-0.1, -0.05) is 66.7 Å². The number of nitrogens with one attached hydrogen (secondary N) is 1. The maximum atomic E-state index is 13.4. The van der Waals surface area contributed by atoms with E-state index in [0.717, 1.165) is 11.2 Å². The number of fused-ring (bicyclic) bond motifs is 3. The normalized spacial score (nSPS) is 21.3. The van der Waals surface area contributed by atoms with Gasteiger partial charge in [-0.3, -0.25) is 14.5 Å². The molecule has 158 valence electrons. The van der Waals surface area contributed by atoms with Crippen LogP contribution in [0.4, 0.5) is 5.69 Å². The summed E-state index contributed by atoms with van der Waals surface area (Å²) in [6, 6.07) is 27.6. The molecule has 1 fully saturated rings. The summed E-state index contributed by atoms with van der Waals surface area (Å²) < 4.78 is 0. The minimum atomic E-state index is -0.450. The van der Waals surface area contributed by atoms with Crippen LogP contribution in [-0.4, -0.2) is 34.3 Å². The van der Waals surface area contributed by atoms with Crippen LogP contribution in [0.5, 0.6) is 0 Å². The van der Waals surface area contributed by atoms with E-state index in [2.05, 4.69) is 52.3 Å². The van der Waals surface area contributed by atoms with Crippen molar-refractivity contribution in [3.05, 3.63) is 102 Å². The first kappa shape index (κ1) is 19.0. The van der Waals surface area contributed by atoms with Gasteiger partial charge in [-0.05, 0) is 29.3 Å². The molecule has 2 amide bonds. The molecule has 5 nitrogen and oxygen atoms in total. The van der Waals surface area contributed by atoms with Crippen LogP contribution in [0.15, 0.2) is 84.9 Å². The number of H-pyrrole nitrogens is 1. The lowest BCUT2D eigenvalue weighted by atomic mass is 9.85. The predicted molar refractivity (Wildman–Crippen MR) is 124 cm³/mol. The Kier molecular flexibility index (Phi) is 4.44. The first-order valence-corrected chi connectivity index (χ1v) is 11.0. The molecule has 3 aromatic carbocycles. The van der Waals surface area contributed by atoms with Gasteiger partial charge in [-0.25, -0.2) is 4.90 Å². The van der Waals surface area contributed by atoms with Gasteiger partial charge in [-0.2, -0.15) is 0 Å². The van der Waals surface area contributed by atoms with Crippen LogP contribution in [0.25, 0.3) is 10.9 Å². The summed E-state index contributed by atoms with van der Waals surface area (Å²) in [4.78, 5) is 33.4. The van der Waals surface area contributed by atoms with Gasteiger partial charge in [-0.15, -0.1) is 0 Å². The third-order valence-electron chi connectivity index (χ3n) is 6.73. The maximum Gasteiger partial charge on any atom is 0.251 e. The van der Waals surface area contributed by atoms with Gasteiger partial charge in [0.25, 0.3) is 5.91 Å². The van der Waals surface area contributed by atoms with E-state index in [1.54, 1.807) is 0 Å². The Bertz CT molecular complexity index is 1310. The molecular weight excluding hydrogens is 398 g/mol. The fourth-order valence-corrected chi connectivity index (χ4v) is 5.28. The number of amides is 2. The van der Waals surface area contributed by atoms with E-state index in [-0.39, 0.29) is 24.2 Å². The van der Waals surface area contributed by atoms with E-state index < -0.39 is 6.04 Å². The monoisotopic (exact) mass is 421 g/mol.